The molecule has 0 saturated heterocycles. The summed E-state index contributed by atoms with van der Waals surface area (Å²) in [7, 11) is 1.68. The maximum absolute atomic E-state index is 13.3. The zero-order chi connectivity index (χ0) is 26.3. The number of carbonyl (C=O) groups is 1. The van der Waals surface area contributed by atoms with Gasteiger partial charge in [0.25, 0.3) is 5.91 Å². The van der Waals surface area contributed by atoms with Gasteiger partial charge in [-0.3, -0.25) is 4.79 Å². The molecule has 5 nitrogen and oxygen atoms in total. The van der Waals surface area contributed by atoms with Crippen molar-refractivity contribution in [3.05, 3.63) is 94.5 Å². The van der Waals surface area contributed by atoms with Crippen LogP contribution < -0.4 is 10.1 Å². The molecule has 2 aromatic carbocycles. The highest BCUT2D eigenvalue weighted by Gasteiger charge is 2.20. The van der Waals surface area contributed by atoms with E-state index in [1.165, 1.54) is 30.4 Å². The summed E-state index contributed by atoms with van der Waals surface area (Å²) in [4.78, 5) is 18.3. The highest BCUT2D eigenvalue weighted by atomic mass is 32.1. The quantitative estimate of drug-likeness (QED) is 0.219. The van der Waals surface area contributed by atoms with E-state index in [9.17, 15) is 4.79 Å². The number of aryl methyl sites for hydroxylation is 1. The predicted octanol–water partition coefficient (Wildman–Crippen LogP) is 7.46. The zero-order valence-corrected chi connectivity index (χ0v) is 23.0. The van der Waals surface area contributed by atoms with Gasteiger partial charge in [-0.2, -0.15) is 0 Å². The molecule has 0 unspecified atom stereocenters. The van der Waals surface area contributed by atoms with Crippen LogP contribution in [0.25, 0.3) is 22.0 Å². The molecule has 1 amide bonds. The third kappa shape index (κ3) is 6.08. The van der Waals surface area contributed by atoms with Crippen LogP contribution in [0.15, 0.2) is 77.7 Å². The standard InChI is InChI=1S/C32H35N3O2S/c1-23-28(31(36)33-19-17-24-9-5-3-6-10-24)21-30(29-22-38-32(34-29)26-11-7-4-8-12-26)35(23)20-18-25-13-15-27(37-2)16-14-25/h4,7-9,11-16,21-22H,3,5-6,10,17-20H2,1-2H3,(H,33,36). The van der Waals surface area contributed by atoms with Gasteiger partial charge in [-0.05, 0) is 69.2 Å². The Labute approximate surface area is 229 Å². The monoisotopic (exact) mass is 525 g/mol. The first-order valence-corrected chi connectivity index (χ1v) is 14.3. The highest BCUT2D eigenvalue weighted by molar-refractivity contribution is 7.13. The molecule has 2 aromatic heterocycles. The Hall–Kier alpha value is -3.64. The number of allylic oxidation sites excluding steroid dienone is 1. The molecule has 1 aliphatic carbocycles. The van der Waals surface area contributed by atoms with Crippen LogP contribution in [0.1, 0.15) is 53.7 Å². The number of thiazole rings is 1. The molecule has 0 aliphatic heterocycles. The first kappa shape index (κ1) is 26.0. The van der Waals surface area contributed by atoms with Crippen LogP contribution in [0.3, 0.4) is 0 Å². The Morgan fingerprint density at radius 2 is 1.89 bits per heavy atom. The number of hydrogen-bond acceptors (Lipinski definition) is 4. The Balaban J connectivity index is 1.39. The zero-order valence-electron chi connectivity index (χ0n) is 22.2. The molecule has 0 atom stereocenters. The minimum absolute atomic E-state index is 0.0122. The molecular weight excluding hydrogens is 490 g/mol. The molecule has 2 heterocycles. The smallest absolute Gasteiger partial charge is 0.253 e. The van der Waals surface area contributed by atoms with Gasteiger partial charge in [-0.15, -0.1) is 11.3 Å². The summed E-state index contributed by atoms with van der Waals surface area (Å²) in [5.74, 6) is 0.840. The molecular formula is C32H35N3O2S. The van der Waals surface area contributed by atoms with Crippen LogP contribution in [-0.4, -0.2) is 29.1 Å². The maximum Gasteiger partial charge on any atom is 0.253 e. The second-order valence-electron chi connectivity index (χ2n) is 9.80. The van der Waals surface area contributed by atoms with Crippen molar-refractivity contribution in [2.75, 3.05) is 13.7 Å². The van der Waals surface area contributed by atoms with Gasteiger partial charge in [0, 0.05) is 29.7 Å². The fourth-order valence-corrected chi connectivity index (χ4v) is 5.90. The maximum atomic E-state index is 13.3. The first-order chi connectivity index (χ1) is 18.6. The molecule has 4 aromatic rings. The average Bonchev–Trinajstić information content (AvgIpc) is 3.58. The number of aromatic nitrogens is 2. The van der Waals surface area contributed by atoms with E-state index in [1.807, 2.05) is 43.3 Å². The van der Waals surface area contributed by atoms with Gasteiger partial charge in [-0.1, -0.05) is 54.1 Å². The van der Waals surface area contributed by atoms with E-state index < -0.39 is 0 Å². The number of nitrogens with zero attached hydrogens (tertiary/aromatic N) is 2. The summed E-state index contributed by atoms with van der Waals surface area (Å²) in [6.07, 6.45) is 9.00. The largest absolute Gasteiger partial charge is 0.497 e. The predicted molar refractivity (Wildman–Crippen MR) is 156 cm³/mol. The minimum Gasteiger partial charge on any atom is -0.497 e. The van der Waals surface area contributed by atoms with Crippen LogP contribution in [0.4, 0.5) is 0 Å². The van der Waals surface area contributed by atoms with E-state index in [1.54, 1.807) is 18.4 Å². The van der Waals surface area contributed by atoms with Gasteiger partial charge in [0.2, 0.25) is 0 Å². The molecule has 6 heteroatoms. The van der Waals surface area contributed by atoms with Gasteiger partial charge in [0.05, 0.1) is 24.1 Å². The average molecular weight is 526 g/mol. The number of benzene rings is 2. The molecule has 5 rings (SSSR count). The van der Waals surface area contributed by atoms with Crippen molar-refractivity contribution >= 4 is 17.2 Å². The second-order valence-corrected chi connectivity index (χ2v) is 10.7. The SMILES string of the molecule is COc1ccc(CCn2c(-c3csc(-c4ccccc4)n3)cc(C(=O)NCCC3=CCCCC3)c2C)cc1. The minimum atomic E-state index is -0.0122. The second kappa shape index (κ2) is 12.3. The third-order valence-electron chi connectivity index (χ3n) is 7.30. The lowest BCUT2D eigenvalue weighted by molar-refractivity contribution is 0.0953. The van der Waals surface area contributed by atoms with Crippen molar-refractivity contribution in [1.82, 2.24) is 14.9 Å². The molecule has 0 saturated carbocycles. The van der Waals surface area contributed by atoms with E-state index in [0.717, 1.165) is 64.8 Å². The molecule has 1 aliphatic rings. The lowest BCUT2D eigenvalue weighted by Gasteiger charge is -2.13. The number of hydrogen-bond donors (Lipinski definition) is 1. The number of ether oxygens (including phenoxy) is 1. The van der Waals surface area contributed by atoms with Crippen molar-refractivity contribution in [3.8, 4) is 27.7 Å². The Kier molecular flexibility index (Phi) is 8.39. The molecule has 0 spiro atoms. The van der Waals surface area contributed by atoms with Crippen molar-refractivity contribution in [2.45, 2.75) is 52.0 Å². The van der Waals surface area contributed by atoms with Crippen LogP contribution >= 0.6 is 11.3 Å². The fraction of sp³-hybridized carbons (Fsp3) is 0.312. The molecule has 0 fully saturated rings. The molecule has 196 valence electrons. The van der Waals surface area contributed by atoms with Gasteiger partial charge < -0.3 is 14.6 Å². The number of rotatable bonds is 10. The number of carbonyl (C=O) groups excluding carboxylic acids is 1. The van der Waals surface area contributed by atoms with E-state index in [4.69, 9.17) is 9.72 Å². The van der Waals surface area contributed by atoms with Crippen LogP contribution in [0.2, 0.25) is 0 Å². The van der Waals surface area contributed by atoms with Gasteiger partial charge in [0.15, 0.2) is 0 Å². The van der Waals surface area contributed by atoms with Crippen molar-refractivity contribution in [3.63, 3.8) is 0 Å². The van der Waals surface area contributed by atoms with Crippen molar-refractivity contribution in [2.24, 2.45) is 0 Å². The molecule has 1 N–H and O–H groups in total. The lowest BCUT2D eigenvalue weighted by atomic mass is 9.97. The van der Waals surface area contributed by atoms with E-state index in [2.05, 4.69) is 45.6 Å². The van der Waals surface area contributed by atoms with Crippen LogP contribution in [-0.2, 0) is 13.0 Å². The van der Waals surface area contributed by atoms with Gasteiger partial charge in [0.1, 0.15) is 10.8 Å². The fourth-order valence-electron chi connectivity index (χ4n) is 5.08. The van der Waals surface area contributed by atoms with E-state index in [0.29, 0.717) is 6.54 Å². The Morgan fingerprint density at radius 1 is 1.08 bits per heavy atom. The normalized spacial score (nSPS) is 13.3. The summed E-state index contributed by atoms with van der Waals surface area (Å²) in [6, 6.07) is 20.4. The Morgan fingerprint density at radius 3 is 2.63 bits per heavy atom. The summed E-state index contributed by atoms with van der Waals surface area (Å²) >= 11 is 1.63. The number of amides is 1. The number of nitrogens with one attached hydrogen (secondary N) is 1. The molecule has 0 radical (unpaired) electrons. The van der Waals surface area contributed by atoms with Gasteiger partial charge >= 0.3 is 0 Å². The third-order valence-corrected chi connectivity index (χ3v) is 8.19. The van der Waals surface area contributed by atoms with Crippen LogP contribution in [0.5, 0.6) is 5.75 Å². The summed E-state index contributed by atoms with van der Waals surface area (Å²) in [6.45, 7) is 3.47. The summed E-state index contributed by atoms with van der Waals surface area (Å²) < 4.78 is 7.55. The molecule has 38 heavy (non-hydrogen) atoms. The van der Waals surface area contributed by atoms with Crippen LogP contribution in [0, 0.1) is 6.92 Å². The molecule has 0 bridgehead atoms. The first-order valence-electron chi connectivity index (χ1n) is 13.4. The van der Waals surface area contributed by atoms with E-state index >= 15 is 0 Å². The summed E-state index contributed by atoms with van der Waals surface area (Å²) in [5.41, 5.74) is 7.38. The van der Waals surface area contributed by atoms with E-state index in [-0.39, 0.29) is 5.91 Å². The lowest BCUT2D eigenvalue weighted by Crippen LogP contribution is -2.25. The topological polar surface area (TPSA) is 56.2 Å². The van der Waals surface area contributed by atoms with Crippen molar-refractivity contribution in [1.29, 1.82) is 0 Å². The van der Waals surface area contributed by atoms with Crippen molar-refractivity contribution < 1.29 is 9.53 Å². The summed E-state index contributed by atoms with van der Waals surface area (Å²) in [5, 5.41) is 6.25. The highest BCUT2D eigenvalue weighted by Crippen LogP contribution is 2.32. The Bertz CT molecular complexity index is 1400. The number of methoxy groups -OCH3 is 1. The van der Waals surface area contributed by atoms with Gasteiger partial charge in [-0.25, -0.2) is 4.98 Å².